The number of nitrogens with zero attached hydrogens (tertiary/aromatic N) is 2. The Hall–Kier alpha value is -2.90. The molecule has 30 heavy (non-hydrogen) atoms. The van der Waals surface area contributed by atoms with E-state index < -0.39 is 17.6 Å². The van der Waals surface area contributed by atoms with Crippen LogP contribution in [0.4, 0.5) is 17.6 Å². The van der Waals surface area contributed by atoms with Crippen molar-refractivity contribution in [2.75, 3.05) is 26.2 Å². The maximum Gasteiger partial charge on any atom is 0.417 e. The number of hydrogen-bond donors (Lipinski definition) is 0. The molecule has 2 amide bonds. The van der Waals surface area contributed by atoms with E-state index in [-0.39, 0.29) is 55.3 Å². The van der Waals surface area contributed by atoms with Crippen LogP contribution in [0.5, 0.6) is 0 Å². The molecule has 0 spiro atoms. The van der Waals surface area contributed by atoms with Gasteiger partial charge in [-0.3, -0.25) is 9.59 Å². The van der Waals surface area contributed by atoms with E-state index in [9.17, 15) is 27.2 Å². The van der Waals surface area contributed by atoms with Crippen molar-refractivity contribution >= 4 is 11.8 Å². The summed E-state index contributed by atoms with van der Waals surface area (Å²) < 4.78 is 52.6. The maximum atomic E-state index is 13.2. The first-order chi connectivity index (χ1) is 14.3. The van der Waals surface area contributed by atoms with Crippen molar-refractivity contribution in [2.24, 2.45) is 5.92 Å². The molecule has 1 aliphatic heterocycles. The van der Waals surface area contributed by atoms with Gasteiger partial charge in [-0.05, 0) is 42.2 Å². The monoisotopic (exact) mass is 420 g/mol. The highest BCUT2D eigenvalue weighted by atomic mass is 19.4. The zero-order valence-electron chi connectivity index (χ0n) is 16.0. The van der Waals surface area contributed by atoms with Gasteiger partial charge in [-0.25, -0.2) is 4.39 Å². The molecule has 4 rings (SSSR count). The van der Waals surface area contributed by atoms with Gasteiger partial charge in [0.1, 0.15) is 5.82 Å². The minimum Gasteiger partial charge on any atom is -0.339 e. The predicted octanol–water partition coefficient (Wildman–Crippen LogP) is 3.93. The van der Waals surface area contributed by atoms with Crippen molar-refractivity contribution in [3.63, 3.8) is 0 Å². The van der Waals surface area contributed by atoms with Crippen LogP contribution in [0.1, 0.15) is 33.8 Å². The predicted molar refractivity (Wildman–Crippen MR) is 101 cm³/mol. The SMILES string of the molecule is O=C(c1ccccc1C(F)(F)F)N1CCN(C(=O)[C@H]2C[C@@H]2c2ccc(F)cc2)CC1. The third-order valence-corrected chi connectivity index (χ3v) is 5.75. The topological polar surface area (TPSA) is 40.6 Å². The second-order valence-electron chi connectivity index (χ2n) is 7.66. The molecule has 0 N–H and O–H groups in total. The van der Waals surface area contributed by atoms with Crippen LogP contribution in [0.15, 0.2) is 48.5 Å². The number of carbonyl (C=O) groups is 2. The number of halogens is 4. The van der Waals surface area contributed by atoms with Gasteiger partial charge in [0.05, 0.1) is 11.1 Å². The van der Waals surface area contributed by atoms with Crippen LogP contribution in [0.3, 0.4) is 0 Å². The molecule has 158 valence electrons. The molecule has 2 aromatic rings. The summed E-state index contributed by atoms with van der Waals surface area (Å²) in [4.78, 5) is 28.4. The first-order valence-electron chi connectivity index (χ1n) is 9.75. The number of hydrogen-bond acceptors (Lipinski definition) is 2. The molecule has 2 fully saturated rings. The number of piperazine rings is 1. The van der Waals surface area contributed by atoms with E-state index >= 15 is 0 Å². The van der Waals surface area contributed by atoms with Crippen LogP contribution in [-0.2, 0) is 11.0 Å². The quantitative estimate of drug-likeness (QED) is 0.706. The highest BCUT2D eigenvalue weighted by Gasteiger charge is 2.46. The molecule has 2 atom stereocenters. The van der Waals surface area contributed by atoms with E-state index in [2.05, 4.69) is 0 Å². The minimum absolute atomic E-state index is 0.0212. The Morgan fingerprint density at radius 2 is 1.47 bits per heavy atom. The van der Waals surface area contributed by atoms with E-state index in [0.717, 1.165) is 11.6 Å². The van der Waals surface area contributed by atoms with Gasteiger partial charge in [-0.2, -0.15) is 13.2 Å². The number of alkyl halides is 3. The number of benzene rings is 2. The second-order valence-corrected chi connectivity index (χ2v) is 7.66. The van der Waals surface area contributed by atoms with E-state index in [0.29, 0.717) is 6.42 Å². The highest BCUT2D eigenvalue weighted by Crippen LogP contribution is 2.48. The lowest BCUT2D eigenvalue weighted by atomic mass is 10.1. The summed E-state index contributed by atoms with van der Waals surface area (Å²) in [5, 5.41) is 0. The first-order valence-corrected chi connectivity index (χ1v) is 9.75. The normalized spacial score (nSPS) is 21.5. The summed E-state index contributed by atoms with van der Waals surface area (Å²) in [5.41, 5.74) is -0.399. The van der Waals surface area contributed by atoms with Gasteiger partial charge in [0, 0.05) is 32.1 Å². The molecule has 0 radical (unpaired) electrons. The van der Waals surface area contributed by atoms with Crippen molar-refractivity contribution in [3.8, 4) is 0 Å². The summed E-state index contributed by atoms with van der Waals surface area (Å²) in [7, 11) is 0. The zero-order valence-corrected chi connectivity index (χ0v) is 16.0. The van der Waals surface area contributed by atoms with E-state index in [1.807, 2.05) is 0 Å². The Labute approximate surface area is 171 Å². The summed E-state index contributed by atoms with van der Waals surface area (Å²) in [5.74, 6) is -1.12. The number of rotatable bonds is 3. The van der Waals surface area contributed by atoms with E-state index in [1.165, 1.54) is 35.2 Å². The van der Waals surface area contributed by atoms with Crippen LogP contribution < -0.4 is 0 Å². The van der Waals surface area contributed by atoms with Crippen molar-refractivity contribution in [3.05, 3.63) is 71.0 Å². The molecule has 0 unspecified atom stereocenters. The molecule has 1 saturated heterocycles. The summed E-state index contributed by atoms with van der Waals surface area (Å²) >= 11 is 0. The van der Waals surface area contributed by atoms with Crippen molar-refractivity contribution in [1.82, 2.24) is 9.80 Å². The third kappa shape index (κ3) is 4.04. The zero-order chi connectivity index (χ0) is 21.5. The third-order valence-electron chi connectivity index (χ3n) is 5.75. The molecule has 1 aliphatic carbocycles. The second kappa shape index (κ2) is 7.74. The Balaban J connectivity index is 1.36. The largest absolute Gasteiger partial charge is 0.417 e. The van der Waals surface area contributed by atoms with E-state index in [4.69, 9.17) is 0 Å². The molecule has 0 aromatic heterocycles. The lowest BCUT2D eigenvalue weighted by molar-refractivity contribution is -0.138. The molecule has 8 heteroatoms. The number of amides is 2. The summed E-state index contributed by atoms with van der Waals surface area (Å²) in [6.07, 6.45) is -3.91. The fourth-order valence-corrected chi connectivity index (χ4v) is 4.00. The average molecular weight is 420 g/mol. The van der Waals surface area contributed by atoms with Gasteiger partial charge in [-0.15, -0.1) is 0 Å². The van der Waals surface area contributed by atoms with Gasteiger partial charge in [-0.1, -0.05) is 24.3 Å². The molecule has 0 bridgehead atoms. The molecular formula is C22H20F4N2O2. The van der Waals surface area contributed by atoms with Crippen LogP contribution in [0, 0.1) is 11.7 Å². The lowest BCUT2D eigenvalue weighted by Crippen LogP contribution is -2.51. The fraction of sp³-hybridized carbons (Fsp3) is 0.364. The minimum atomic E-state index is -4.61. The molecule has 1 heterocycles. The Morgan fingerprint density at radius 3 is 2.10 bits per heavy atom. The summed E-state index contributed by atoms with van der Waals surface area (Å²) in [6, 6.07) is 10.9. The van der Waals surface area contributed by atoms with Crippen LogP contribution in [0.2, 0.25) is 0 Å². The van der Waals surface area contributed by atoms with Gasteiger partial charge in [0.15, 0.2) is 0 Å². The smallest absolute Gasteiger partial charge is 0.339 e. The van der Waals surface area contributed by atoms with Crippen molar-refractivity contribution < 1.29 is 27.2 Å². The maximum absolute atomic E-state index is 13.2. The molecule has 4 nitrogen and oxygen atoms in total. The Morgan fingerprint density at radius 1 is 0.867 bits per heavy atom. The highest BCUT2D eigenvalue weighted by molar-refractivity contribution is 5.96. The first kappa shape index (κ1) is 20.4. The van der Waals surface area contributed by atoms with Gasteiger partial charge < -0.3 is 9.80 Å². The van der Waals surface area contributed by atoms with E-state index in [1.54, 1.807) is 17.0 Å². The van der Waals surface area contributed by atoms with Crippen LogP contribution >= 0.6 is 0 Å². The average Bonchev–Trinajstić information content (AvgIpc) is 3.53. The van der Waals surface area contributed by atoms with Crippen molar-refractivity contribution in [1.29, 1.82) is 0 Å². The molecular weight excluding hydrogens is 400 g/mol. The number of carbonyl (C=O) groups excluding carboxylic acids is 2. The fourth-order valence-electron chi connectivity index (χ4n) is 4.00. The van der Waals surface area contributed by atoms with Gasteiger partial charge in [0.25, 0.3) is 5.91 Å². The molecule has 2 aliphatic rings. The van der Waals surface area contributed by atoms with Gasteiger partial charge in [0.2, 0.25) is 5.91 Å². The van der Waals surface area contributed by atoms with Crippen LogP contribution in [0.25, 0.3) is 0 Å². The Bertz CT molecular complexity index is 950. The molecule has 1 saturated carbocycles. The van der Waals surface area contributed by atoms with Crippen LogP contribution in [-0.4, -0.2) is 47.8 Å². The lowest BCUT2D eigenvalue weighted by Gasteiger charge is -2.35. The molecule has 2 aromatic carbocycles. The van der Waals surface area contributed by atoms with Crippen molar-refractivity contribution in [2.45, 2.75) is 18.5 Å². The van der Waals surface area contributed by atoms with Gasteiger partial charge >= 0.3 is 6.18 Å². The standard InChI is InChI=1S/C22H20F4N2O2/c23-15-7-5-14(6-8-15)17-13-18(17)21(30)28-11-9-27(10-12-28)20(29)16-3-1-2-4-19(16)22(24,25)26/h1-8,17-18H,9-13H2/t17-,18+/m1/s1. The summed E-state index contributed by atoms with van der Waals surface area (Å²) in [6.45, 7) is 0.937. The Kier molecular flexibility index (Phi) is 5.26.